The SMILES string of the molecule is Cc1ccc([Se]Cc2cn(-c3ccccc3)nn2)cc1. The van der Waals surface area contributed by atoms with Gasteiger partial charge in [-0.2, -0.15) is 0 Å². The van der Waals surface area contributed by atoms with E-state index >= 15 is 0 Å². The molecule has 1 heterocycles. The fourth-order valence-electron chi connectivity index (χ4n) is 1.86. The van der Waals surface area contributed by atoms with Crippen LogP contribution in [0.1, 0.15) is 11.3 Å². The molecule has 0 spiro atoms. The summed E-state index contributed by atoms with van der Waals surface area (Å²) < 4.78 is 3.23. The quantitative estimate of drug-likeness (QED) is 0.687. The van der Waals surface area contributed by atoms with E-state index in [-0.39, 0.29) is 0 Å². The van der Waals surface area contributed by atoms with Gasteiger partial charge in [-0.25, -0.2) is 0 Å². The van der Waals surface area contributed by atoms with E-state index in [0.717, 1.165) is 16.7 Å². The zero-order valence-corrected chi connectivity index (χ0v) is 12.9. The maximum absolute atomic E-state index is 4.25. The maximum atomic E-state index is 4.25. The van der Waals surface area contributed by atoms with Gasteiger partial charge in [-0.15, -0.1) is 0 Å². The van der Waals surface area contributed by atoms with Gasteiger partial charge in [0.15, 0.2) is 0 Å². The molecule has 4 heteroatoms. The Bertz CT molecular complexity index is 674. The summed E-state index contributed by atoms with van der Waals surface area (Å²) in [5, 5.41) is 9.42. The van der Waals surface area contributed by atoms with E-state index < -0.39 is 0 Å². The zero-order chi connectivity index (χ0) is 13.8. The Morgan fingerprint density at radius 2 is 1.75 bits per heavy atom. The topological polar surface area (TPSA) is 30.7 Å². The van der Waals surface area contributed by atoms with Crippen LogP contribution in [0.3, 0.4) is 0 Å². The summed E-state index contributed by atoms with van der Waals surface area (Å²) in [5.74, 6) is 0. The first-order valence-corrected chi connectivity index (χ1v) is 8.54. The zero-order valence-electron chi connectivity index (χ0n) is 11.2. The molecule has 0 aliphatic carbocycles. The summed E-state index contributed by atoms with van der Waals surface area (Å²) in [6, 6.07) is 18.8. The number of para-hydroxylation sites is 1. The van der Waals surface area contributed by atoms with Crippen molar-refractivity contribution >= 4 is 19.4 Å². The molecular formula is C16H15N3Se. The van der Waals surface area contributed by atoms with E-state index in [0.29, 0.717) is 15.0 Å². The van der Waals surface area contributed by atoms with Crippen LogP contribution in [0.25, 0.3) is 5.69 Å². The fraction of sp³-hybridized carbons (Fsp3) is 0.125. The molecule has 0 aliphatic rings. The Hall–Kier alpha value is -1.90. The van der Waals surface area contributed by atoms with Crippen molar-refractivity contribution < 1.29 is 0 Å². The molecule has 0 saturated heterocycles. The van der Waals surface area contributed by atoms with E-state index in [1.54, 1.807) is 0 Å². The Labute approximate surface area is 124 Å². The normalized spacial score (nSPS) is 10.7. The summed E-state index contributed by atoms with van der Waals surface area (Å²) in [4.78, 5) is 0. The average Bonchev–Trinajstić information content (AvgIpc) is 2.97. The third kappa shape index (κ3) is 3.16. The Balaban J connectivity index is 1.67. The number of benzene rings is 2. The molecule has 0 N–H and O–H groups in total. The van der Waals surface area contributed by atoms with Crippen LogP contribution in [0.15, 0.2) is 60.8 Å². The number of hydrogen-bond acceptors (Lipinski definition) is 2. The van der Waals surface area contributed by atoms with Crippen molar-refractivity contribution in [1.82, 2.24) is 15.0 Å². The summed E-state index contributed by atoms with van der Waals surface area (Å²) in [6.07, 6.45) is 2.02. The monoisotopic (exact) mass is 329 g/mol. The van der Waals surface area contributed by atoms with Crippen molar-refractivity contribution in [3.8, 4) is 5.69 Å². The van der Waals surface area contributed by atoms with Crippen LogP contribution in [-0.2, 0) is 5.32 Å². The number of rotatable bonds is 4. The van der Waals surface area contributed by atoms with Crippen LogP contribution < -0.4 is 4.46 Å². The number of nitrogens with zero attached hydrogens (tertiary/aromatic N) is 3. The molecule has 0 fully saturated rings. The molecule has 0 radical (unpaired) electrons. The predicted octanol–water partition coefficient (Wildman–Crippen LogP) is 2.11. The third-order valence-electron chi connectivity index (χ3n) is 2.97. The molecule has 3 aromatic rings. The Morgan fingerprint density at radius 3 is 2.50 bits per heavy atom. The van der Waals surface area contributed by atoms with Crippen LogP contribution in [0.4, 0.5) is 0 Å². The van der Waals surface area contributed by atoms with E-state index in [1.807, 2.05) is 41.2 Å². The molecule has 1 aromatic heterocycles. The minimum absolute atomic E-state index is 0.408. The molecule has 3 rings (SSSR count). The molecule has 0 unspecified atom stereocenters. The van der Waals surface area contributed by atoms with Gasteiger partial charge < -0.3 is 0 Å². The first kappa shape index (κ1) is 13.1. The third-order valence-corrected chi connectivity index (χ3v) is 5.16. The van der Waals surface area contributed by atoms with Gasteiger partial charge in [-0.3, -0.25) is 0 Å². The van der Waals surface area contributed by atoms with Gasteiger partial charge in [0, 0.05) is 0 Å². The van der Waals surface area contributed by atoms with Gasteiger partial charge in [0.1, 0.15) is 0 Å². The van der Waals surface area contributed by atoms with Gasteiger partial charge in [0.2, 0.25) is 0 Å². The molecule has 0 amide bonds. The molecule has 0 aliphatic heterocycles. The number of hydrogen-bond donors (Lipinski definition) is 0. The van der Waals surface area contributed by atoms with Crippen molar-refractivity contribution in [1.29, 1.82) is 0 Å². The Morgan fingerprint density at radius 1 is 1.00 bits per heavy atom. The predicted molar refractivity (Wildman–Crippen MR) is 81.6 cm³/mol. The van der Waals surface area contributed by atoms with Gasteiger partial charge in [-0.05, 0) is 0 Å². The van der Waals surface area contributed by atoms with E-state index in [4.69, 9.17) is 0 Å². The second kappa shape index (κ2) is 6.04. The van der Waals surface area contributed by atoms with Crippen LogP contribution in [0.5, 0.6) is 0 Å². The molecular weight excluding hydrogens is 313 g/mol. The molecule has 20 heavy (non-hydrogen) atoms. The summed E-state index contributed by atoms with van der Waals surface area (Å²) in [6.45, 7) is 2.11. The van der Waals surface area contributed by atoms with Crippen LogP contribution in [0.2, 0.25) is 0 Å². The number of aromatic nitrogens is 3. The average molecular weight is 328 g/mol. The van der Waals surface area contributed by atoms with Crippen molar-refractivity contribution in [2.24, 2.45) is 0 Å². The standard InChI is InChI=1S/C16H15N3Se/c1-13-7-9-16(10-8-13)20-12-14-11-19(18-17-14)15-5-3-2-4-6-15/h2-11H,12H2,1H3. The van der Waals surface area contributed by atoms with Crippen LogP contribution >= 0.6 is 0 Å². The molecule has 0 saturated carbocycles. The first-order valence-electron chi connectivity index (χ1n) is 6.47. The van der Waals surface area contributed by atoms with Gasteiger partial charge >= 0.3 is 124 Å². The van der Waals surface area contributed by atoms with Crippen LogP contribution in [-0.4, -0.2) is 30.0 Å². The second-order valence-corrected chi connectivity index (χ2v) is 6.79. The van der Waals surface area contributed by atoms with E-state index in [2.05, 4.69) is 41.5 Å². The van der Waals surface area contributed by atoms with Crippen molar-refractivity contribution in [2.75, 3.05) is 0 Å². The summed E-state index contributed by atoms with van der Waals surface area (Å²) in [7, 11) is 0. The van der Waals surface area contributed by atoms with Crippen LogP contribution in [0, 0.1) is 6.92 Å². The molecule has 100 valence electrons. The van der Waals surface area contributed by atoms with Gasteiger partial charge in [0.25, 0.3) is 0 Å². The van der Waals surface area contributed by atoms with Crippen molar-refractivity contribution in [2.45, 2.75) is 12.2 Å². The van der Waals surface area contributed by atoms with E-state index in [1.165, 1.54) is 10.0 Å². The second-order valence-electron chi connectivity index (χ2n) is 4.59. The molecule has 2 aromatic carbocycles. The van der Waals surface area contributed by atoms with Gasteiger partial charge in [-0.1, -0.05) is 0 Å². The molecule has 0 bridgehead atoms. The Kier molecular flexibility index (Phi) is 3.95. The number of aryl methyl sites for hydroxylation is 1. The summed E-state index contributed by atoms with van der Waals surface area (Å²) in [5.41, 5.74) is 3.41. The van der Waals surface area contributed by atoms with E-state index in [9.17, 15) is 0 Å². The minimum atomic E-state index is 0.408. The molecule has 0 atom stereocenters. The van der Waals surface area contributed by atoms with Gasteiger partial charge in [0.05, 0.1) is 0 Å². The summed E-state index contributed by atoms with van der Waals surface area (Å²) >= 11 is 0.408. The van der Waals surface area contributed by atoms with Crippen molar-refractivity contribution in [3.05, 3.63) is 72.1 Å². The fourth-order valence-corrected chi connectivity index (χ4v) is 3.49. The molecule has 3 nitrogen and oxygen atoms in total. The first-order chi connectivity index (χ1) is 9.81. The van der Waals surface area contributed by atoms with Crippen molar-refractivity contribution in [3.63, 3.8) is 0 Å².